The quantitative estimate of drug-likeness (QED) is 0.595. The largest absolute Gasteiger partial charge is 0.443 e. The van der Waals surface area contributed by atoms with Crippen molar-refractivity contribution in [1.29, 1.82) is 0 Å². The maximum atomic E-state index is 13.4. The van der Waals surface area contributed by atoms with E-state index in [9.17, 15) is 22.8 Å². The number of likely N-dealkylation sites (tertiary alicyclic amines) is 1. The van der Waals surface area contributed by atoms with Gasteiger partial charge in [-0.15, -0.1) is 0 Å². The number of nitrogens with two attached hydrogens (primary N) is 1. The fourth-order valence-electron chi connectivity index (χ4n) is 5.37. The molecule has 2 N–H and O–H groups in total. The Kier molecular flexibility index (Phi) is 8.21. The van der Waals surface area contributed by atoms with Crippen LogP contribution in [-0.4, -0.2) is 52.6 Å². The van der Waals surface area contributed by atoms with Gasteiger partial charge in [-0.3, -0.25) is 9.69 Å². The Morgan fingerprint density at radius 1 is 1.17 bits per heavy atom. The second kappa shape index (κ2) is 10.5. The lowest BCUT2D eigenvalue weighted by atomic mass is 9.95. The fourth-order valence-corrected chi connectivity index (χ4v) is 5.37. The number of hydrogen-bond acceptors (Lipinski definition) is 5. The van der Waals surface area contributed by atoms with Crippen molar-refractivity contribution in [1.82, 2.24) is 9.80 Å². The van der Waals surface area contributed by atoms with Crippen LogP contribution in [0.25, 0.3) is 0 Å². The number of halogens is 3. The van der Waals surface area contributed by atoms with Gasteiger partial charge in [-0.1, -0.05) is 32.0 Å². The third kappa shape index (κ3) is 6.97. The summed E-state index contributed by atoms with van der Waals surface area (Å²) in [6.07, 6.45) is -3.09. The van der Waals surface area contributed by atoms with E-state index in [1.165, 1.54) is 17.0 Å². The highest BCUT2D eigenvalue weighted by atomic mass is 19.4. The molecule has 1 aromatic carbocycles. The Hall–Kier alpha value is -2.13. The molecule has 1 aromatic rings. The Morgan fingerprint density at radius 2 is 1.86 bits per heavy atom. The fraction of sp³-hybridized carbons (Fsp3) is 0.692. The van der Waals surface area contributed by atoms with Crippen LogP contribution in [0.4, 0.5) is 18.0 Å². The second-order valence-electron chi connectivity index (χ2n) is 11.4. The third-order valence-corrected chi connectivity index (χ3v) is 6.76. The molecule has 2 amide bonds. The molecule has 2 fully saturated rings. The molecular weight excluding hydrogens is 459 g/mol. The van der Waals surface area contributed by atoms with E-state index in [-0.39, 0.29) is 23.8 Å². The summed E-state index contributed by atoms with van der Waals surface area (Å²) in [5, 5.41) is 0. The van der Waals surface area contributed by atoms with Gasteiger partial charge in [0.15, 0.2) is 0 Å². The molecule has 0 bridgehead atoms. The van der Waals surface area contributed by atoms with Crippen molar-refractivity contribution in [2.75, 3.05) is 13.1 Å². The average molecular weight is 498 g/mol. The molecular formula is C26H38F3N3O3. The lowest BCUT2D eigenvalue weighted by Crippen LogP contribution is -2.54. The van der Waals surface area contributed by atoms with Crippen LogP contribution >= 0.6 is 0 Å². The minimum atomic E-state index is -4.38. The zero-order valence-corrected chi connectivity index (χ0v) is 21.3. The molecule has 1 aliphatic carbocycles. The van der Waals surface area contributed by atoms with Gasteiger partial charge in [0.1, 0.15) is 5.60 Å². The van der Waals surface area contributed by atoms with Gasteiger partial charge in [-0.25, -0.2) is 9.69 Å². The lowest BCUT2D eigenvalue weighted by molar-refractivity contribution is -0.137. The first-order valence-electron chi connectivity index (χ1n) is 12.4. The molecule has 1 saturated heterocycles. The maximum absolute atomic E-state index is 13.4. The van der Waals surface area contributed by atoms with Gasteiger partial charge >= 0.3 is 12.3 Å². The van der Waals surface area contributed by atoms with Gasteiger partial charge in [0.2, 0.25) is 5.91 Å². The van der Waals surface area contributed by atoms with Crippen molar-refractivity contribution >= 4 is 12.0 Å². The minimum absolute atomic E-state index is 0.0310. The van der Waals surface area contributed by atoms with Crippen molar-refractivity contribution in [2.24, 2.45) is 23.5 Å². The molecule has 0 unspecified atom stereocenters. The van der Waals surface area contributed by atoms with Gasteiger partial charge < -0.3 is 10.5 Å². The molecule has 4 atom stereocenters. The number of rotatable bonds is 6. The normalized spacial score (nSPS) is 23.9. The van der Waals surface area contributed by atoms with Crippen LogP contribution in [0.1, 0.15) is 65.0 Å². The number of ether oxygens (including phenoxy) is 1. The van der Waals surface area contributed by atoms with E-state index in [0.29, 0.717) is 38.0 Å². The Labute approximate surface area is 206 Å². The number of carbonyl (C=O) groups is 2. The number of carbonyl (C=O) groups excluding carboxylic acids is 2. The highest BCUT2D eigenvalue weighted by Crippen LogP contribution is 2.42. The molecule has 6 nitrogen and oxygen atoms in total. The molecule has 9 heteroatoms. The summed E-state index contributed by atoms with van der Waals surface area (Å²) >= 11 is 0. The minimum Gasteiger partial charge on any atom is -0.443 e. The van der Waals surface area contributed by atoms with E-state index in [0.717, 1.165) is 12.5 Å². The van der Waals surface area contributed by atoms with E-state index in [4.69, 9.17) is 10.5 Å². The predicted octanol–water partition coefficient (Wildman–Crippen LogP) is 5.05. The molecule has 1 aliphatic heterocycles. The Balaban J connectivity index is 1.77. The van der Waals surface area contributed by atoms with Crippen LogP contribution in [-0.2, 0) is 22.3 Å². The Bertz CT molecular complexity index is 913. The standard InChI is InChI=1S/C26H38F3N3O3/c1-16(2)11-21(30)23(33)32(24(34)35-25(3,4)5)22-10-9-18-14-31(15-20(18)22)13-17-7-6-8-19(12-17)26(27,28)29/h6-8,12,16,18,20-22H,9-11,13-15,30H2,1-5H3/t18-,20+,21+,22-/m1/s1. The van der Waals surface area contributed by atoms with Crippen LogP contribution in [0.15, 0.2) is 24.3 Å². The molecule has 35 heavy (non-hydrogen) atoms. The van der Waals surface area contributed by atoms with Crippen molar-refractivity contribution in [3.8, 4) is 0 Å². The summed E-state index contributed by atoms with van der Waals surface area (Å²) in [6, 6.07) is 4.24. The first-order valence-corrected chi connectivity index (χ1v) is 12.4. The zero-order valence-electron chi connectivity index (χ0n) is 21.3. The summed E-state index contributed by atoms with van der Waals surface area (Å²) in [5.41, 5.74) is 5.37. The van der Waals surface area contributed by atoms with Crippen LogP contribution in [0, 0.1) is 17.8 Å². The first-order chi connectivity index (χ1) is 16.2. The molecule has 1 saturated carbocycles. The van der Waals surface area contributed by atoms with Crippen molar-refractivity contribution in [2.45, 2.75) is 84.3 Å². The highest BCUT2D eigenvalue weighted by molar-refractivity contribution is 5.95. The van der Waals surface area contributed by atoms with Crippen molar-refractivity contribution in [3.05, 3.63) is 35.4 Å². The number of nitrogens with zero attached hydrogens (tertiary/aromatic N) is 2. The maximum Gasteiger partial charge on any atom is 0.417 e. The van der Waals surface area contributed by atoms with Crippen molar-refractivity contribution < 1.29 is 27.5 Å². The number of alkyl halides is 3. The molecule has 196 valence electrons. The number of benzene rings is 1. The van der Waals surface area contributed by atoms with E-state index < -0.39 is 35.4 Å². The smallest absolute Gasteiger partial charge is 0.417 e. The first kappa shape index (κ1) is 27.5. The number of fused-ring (bicyclic) bond motifs is 1. The van der Waals surface area contributed by atoms with E-state index >= 15 is 0 Å². The molecule has 0 radical (unpaired) electrons. The van der Waals surface area contributed by atoms with Gasteiger partial charge in [-0.2, -0.15) is 13.2 Å². The van der Waals surface area contributed by atoms with Gasteiger partial charge in [0.25, 0.3) is 0 Å². The van der Waals surface area contributed by atoms with E-state index in [1.807, 2.05) is 13.8 Å². The summed E-state index contributed by atoms with van der Waals surface area (Å²) in [4.78, 5) is 29.9. The summed E-state index contributed by atoms with van der Waals surface area (Å²) in [5.74, 6) is 0.0588. The molecule has 2 aliphatic rings. The van der Waals surface area contributed by atoms with Gasteiger partial charge in [0.05, 0.1) is 11.6 Å². The lowest BCUT2D eigenvalue weighted by Gasteiger charge is -2.34. The van der Waals surface area contributed by atoms with Crippen molar-refractivity contribution in [3.63, 3.8) is 0 Å². The predicted molar refractivity (Wildman–Crippen MR) is 127 cm³/mol. The number of amides is 2. The summed E-state index contributed by atoms with van der Waals surface area (Å²) < 4.78 is 44.9. The van der Waals surface area contributed by atoms with Crippen LogP contribution in [0.3, 0.4) is 0 Å². The molecule has 0 aromatic heterocycles. The highest BCUT2D eigenvalue weighted by Gasteiger charge is 2.49. The van der Waals surface area contributed by atoms with Gasteiger partial charge in [0, 0.05) is 25.7 Å². The summed E-state index contributed by atoms with van der Waals surface area (Å²) in [6.45, 7) is 10.9. The topological polar surface area (TPSA) is 75.9 Å². The zero-order chi connectivity index (χ0) is 26.1. The number of imide groups is 1. The third-order valence-electron chi connectivity index (χ3n) is 6.76. The van der Waals surface area contributed by atoms with Crippen LogP contribution in [0.5, 0.6) is 0 Å². The second-order valence-corrected chi connectivity index (χ2v) is 11.4. The summed E-state index contributed by atoms with van der Waals surface area (Å²) in [7, 11) is 0. The number of hydrogen-bond donors (Lipinski definition) is 1. The van der Waals surface area contributed by atoms with E-state index in [1.54, 1.807) is 26.8 Å². The van der Waals surface area contributed by atoms with Crippen LogP contribution in [0.2, 0.25) is 0 Å². The molecule has 3 rings (SSSR count). The SMILES string of the molecule is CC(C)C[C@H](N)C(=O)N(C(=O)OC(C)(C)C)[C@@H]1CC[C@@H]2CN(Cc3cccc(C(F)(F)F)c3)C[C@@H]21. The van der Waals surface area contributed by atoms with Crippen LogP contribution < -0.4 is 5.73 Å². The van der Waals surface area contributed by atoms with E-state index in [2.05, 4.69) is 4.90 Å². The Morgan fingerprint density at radius 3 is 2.46 bits per heavy atom. The molecule has 0 spiro atoms. The monoisotopic (exact) mass is 497 g/mol. The van der Waals surface area contributed by atoms with Gasteiger partial charge in [-0.05, 0) is 69.4 Å². The average Bonchev–Trinajstić information content (AvgIpc) is 3.27. The molecule has 1 heterocycles.